The molecule has 5 heteroatoms. The minimum atomic E-state index is 0.288. The van der Waals surface area contributed by atoms with Gasteiger partial charge in [0.1, 0.15) is 11.9 Å². The van der Waals surface area contributed by atoms with Crippen LogP contribution in [0.3, 0.4) is 0 Å². The first-order valence-corrected chi connectivity index (χ1v) is 7.04. The number of rotatable bonds is 3. The Bertz CT molecular complexity index is 535. The Morgan fingerprint density at radius 3 is 3.00 bits per heavy atom. The summed E-state index contributed by atoms with van der Waals surface area (Å²) in [5, 5.41) is 3.71. The van der Waals surface area contributed by atoms with Gasteiger partial charge in [0.15, 0.2) is 11.6 Å². The van der Waals surface area contributed by atoms with Gasteiger partial charge in [0.25, 0.3) is 0 Å². The van der Waals surface area contributed by atoms with E-state index in [2.05, 4.69) is 5.16 Å². The summed E-state index contributed by atoms with van der Waals surface area (Å²) in [4.78, 5) is 0. The van der Waals surface area contributed by atoms with Gasteiger partial charge in [-0.3, -0.25) is 0 Å². The first-order chi connectivity index (χ1) is 8.83. The normalized spacial score (nSPS) is 19.0. The van der Waals surface area contributed by atoms with Crippen molar-refractivity contribution in [2.75, 3.05) is 17.2 Å². The molecule has 1 atom stereocenters. The van der Waals surface area contributed by atoms with Crippen LogP contribution in [0.2, 0.25) is 0 Å². The molecule has 1 aliphatic rings. The van der Waals surface area contributed by atoms with Gasteiger partial charge in [-0.1, -0.05) is 17.3 Å². The number of hydrogen-bond acceptors (Lipinski definition) is 5. The fourth-order valence-corrected chi connectivity index (χ4v) is 3.07. The Hall–Kier alpha value is -1.62. The Morgan fingerprint density at radius 2 is 2.28 bits per heavy atom. The van der Waals surface area contributed by atoms with Gasteiger partial charge in [0, 0.05) is 11.8 Å². The van der Waals surface area contributed by atoms with E-state index in [-0.39, 0.29) is 6.10 Å². The highest BCUT2D eigenvalue weighted by atomic mass is 32.2. The summed E-state index contributed by atoms with van der Waals surface area (Å²) in [5.74, 6) is 4.08. The molecule has 3 rings (SSSR count). The van der Waals surface area contributed by atoms with Crippen LogP contribution in [0, 0.1) is 0 Å². The summed E-state index contributed by atoms with van der Waals surface area (Å²) in [6.07, 6.45) is 1.38. The lowest BCUT2D eigenvalue weighted by Crippen LogP contribution is -2.15. The first kappa shape index (κ1) is 11.5. The standard InChI is InChI=1S/C13H14N2O2S/c14-13-7-12(17-15-13)10-3-1-2-4-11(10)16-9-5-6-18-8-9/h1-4,7,9H,5-6,8H2,(H2,14,15). The van der Waals surface area contributed by atoms with E-state index in [1.165, 1.54) is 5.75 Å². The average molecular weight is 262 g/mol. The Kier molecular flexibility index (Phi) is 3.15. The topological polar surface area (TPSA) is 61.3 Å². The molecule has 0 bridgehead atoms. The van der Waals surface area contributed by atoms with Crippen molar-refractivity contribution in [1.82, 2.24) is 5.16 Å². The molecule has 2 aromatic rings. The van der Waals surface area contributed by atoms with Crippen molar-refractivity contribution in [2.45, 2.75) is 12.5 Å². The second-order valence-corrected chi connectivity index (χ2v) is 5.37. The summed E-state index contributed by atoms with van der Waals surface area (Å²) in [6.45, 7) is 0. The predicted molar refractivity (Wildman–Crippen MR) is 72.7 cm³/mol. The number of thioether (sulfide) groups is 1. The first-order valence-electron chi connectivity index (χ1n) is 5.89. The minimum absolute atomic E-state index is 0.288. The smallest absolute Gasteiger partial charge is 0.172 e. The molecule has 0 aliphatic carbocycles. The molecular formula is C13H14N2O2S. The molecule has 0 radical (unpaired) electrons. The summed E-state index contributed by atoms with van der Waals surface area (Å²) >= 11 is 1.93. The number of para-hydroxylation sites is 1. The number of hydrogen-bond donors (Lipinski definition) is 1. The molecule has 1 saturated heterocycles. The van der Waals surface area contributed by atoms with Gasteiger partial charge in [-0.2, -0.15) is 11.8 Å². The lowest BCUT2D eigenvalue weighted by Gasteiger charge is -2.14. The lowest BCUT2D eigenvalue weighted by atomic mass is 10.1. The fraction of sp³-hybridized carbons (Fsp3) is 0.308. The van der Waals surface area contributed by atoms with E-state index in [0.29, 0.717) is 11.6 Å². The van der Waals surface area contributed by atoms with Gasteiger partial charge < -0.3 is 15.0 Å². The molecule has 18 heavy (non-hydrogen) atoms. The zero-order valence-electron chi connectivity index (χ0n) is 9.83. The van der Waals surface area contributed by atoms with E-state index in [9.17, 15) is 0 Å². The highest BCUT2D eigenvalue weighted by molar-refractivity contribution is 7.99. The van der Waals surface area contributed by atoms with Crippen molar-refractivity contribution < 1.29 is 9.26 Å². The Balaban J connectivity index is 1.89. The van der Waals surface area contributed by atoms with Crippen LogP contribution >= 0.6 is 11.8 Å². The van der Waals surface area contributed by atoms with Gasteiger partial charge in [-0.25, -0.2) is 0 Å². The van der Waals surface area contributed by atoms with Crippen molar-refractivity contribution in [2.24, 2.45) is 0 Å². The number of ether oxygens (including phenoxy) is 1. The van der Waals surface area contributed by atoms with Crippen LogP contribution in [0.25, 0.3) is 11.3 Å². The number of nitrogens with zero attached hydrogens (tertiary/aromatic N) is 1. The van der Waals surface area contributed by atoms with Crippen molar-refractivity contribution in [1.29, 1.82) is 0 Å². The zero-order chi connectivity index (χ0) is 12.4. The molecule has 94 valence electrons. The van der Waals surface area contributed by atoms with Crippen molar-refractivity contribution in [3.8, 4) is 17.1 Å². The summed E-state index contributed by atoms with van der Waals surface area (Å²) in [5.41, 5.74) is 6.48. The summed E-state index contributed by atoms with van der Waals surface area (Å²) in [6, 6.07) is 9.53. The van der Waals surface area contributed by atoms with E-state index in [0.717, 1.165) is 23.5 Å². The number of benzene rings is 1. The van der Waals surface area contributed by atoms with Gasteiger partial charge >= 0.3 is 0 Å². The largest absolute Gasteiger partial charge is 0.489 e. The van der Waals surface area contributed by atoms with E-state index in [1.54, 1.807) is 6.07 Å². The number of anilines is 1. The SMILES string of the molecule is Nc1cc(-c2ccccc2OC2CCSC2)on1. The van der Waals surface area contributed by atoms with Gasteiger partial charge in [0.2, 0.25) is 0 Å². The molecule has 0 saturated carbocycles. The minimum Gasteiger partial charge on any atom is -0.489 e. The van der Waals surface area contributed by atoms with Crippen LogP contribution < -0.4 is 10.5 Å². The molecule has 2 N–H and O–H groups in total. The molecule has 1 aliphatic heterocycles. The highest BCUT2D eigenvalue weighted by Gasteiger charge is 2.19. The summed E-state index contributed by atoms with van der Waals surface area (Å²) in [7, 11) is 0. The monoisotopic (exact) mass is 262 g/mol. The third kappa shape index (κ3) is 2.31. The summed E-state index contributed by atoms with van der Waals surface area (Å²) < 4.78 is 11.2. The third-order valence-corrected chi connectivity index (χ3v) is 3.99. The van der Waals surface area contributed by atoms with Crippen LogP contribution in [-0.4, -0.2) is 22.8 Å². The maximum absolute atomic E-state index is 6.02. The predicted octanol–water partition coefficient (Wildman–Crippen LogP) is 2.81. The number of aromatic nitrogens is 1. The molecule has 1 aromatic carbocycles. The van der Waals surface area contributed by atoms with Crippen LogP contribution in [0.15, 0.2) is 34.9 Å². The van der Waals surface area contributed by atoms with Gasteiger partial charge in [0.05, 0.1) is 5.56 Å². The second-order valence-electron chi connectivity index (χ2n) is 4.22. The highest BCUT2D eigenvalue weighted by Crippen LogP contribution is 2.33. The van der Waals surface area contributed by atoms with Crippen LogP contribution in [0.5, 0.6) is 5.75 Å². The number of nitrogen functional groups attached to an aromatic ring is 1. The lowest BCUT2D eigenvalue weighted by molar-refractivity contribution is 0.230. The third-order valence-electron chi connectivity index (χ3n) is 2.86. The molecule has 0 amide bonds. The Labute approximate surface area is 109 Å². The van der Waals surface area contributed by atoms with Gasteiger partial charge in [-0.15, -0.1) is 0 Å². The quantitative estimate of drug-likeness (QED) is 0.921. The molecule has 2 heterocycles. The van der Waals surface area contributed by atoms with Crippen molar-refractivity contribution in [3.05, 3.63) is 30.3 Å². The maximum Gasteiger partial charge on any atom is 0.172 e. The average Bonchev–Trinajstić information content (AvgIpc) is 3.02. The van der Waals surface area contributed by atoms with E-state index < -0.39 is 0 Å². The molecular weight excluding hydrogens is 248 g/mol. The number of nitrogens with two attached hydrogens (primary N) is 1. The van der Waals surface area contributed by atoms with Crippen molar-refractivity contribution in [3.63, 3.8) is 0 Å². The molecule has 4 nitrogen and oxygen atoms in total. The van der Waals surface area contributed by atoms with Crippen LogP contribution in [0.1, 0.15) is 6.42 Å². The van der Waals surface area contributed by atoms with Crippen LogP contribution in [0.4, 0.5) is 5.82 Å². The zero-order valence-corrected chi connectivity index (χ0v) is 10.7. The van der Waals surface area contributed by atoms with Crippen LogP contribution in [-0.2, 0) is 0 Å². The molecule has 0 spiro atoms. The maximum atomic E-state index is 6.02. The van der Waals surface area contributed by atoms with Gasteiger partial charge in [-0.05, 0) is 24.3 Å². The Morgan fingerprint density at radius 1 is 1.39 bits per heavy atom. The van der Waals surface area contributed by atoms with E-state index in [4.69, 9.17) is 15.0 Å². The van der Waals surface area contributed by atoms with E-state index >= 15 is 0 Å². The van der Waals surface area contributed by atoms with Crippen molar-refractivity contribution >= 4 is 17.6 Å². The molecule has 1 unspecified atom stereocenters. The molecule has 1 fully saturated rings. The van der Waals surface area contributed by atoms with E-state index in [1.807, 2.05) is 36.0 Å². The fourth-order valence-electron chi connectivity index (χ4n) is 1.97. The molecule has 1 aromatic heterocycles. The second kappa shape index (κ2) is 4.94.